The summed E-state index contributed by atoms with van der Waals surface area (Å²) in [7, 11) is 0. The van der Waals surface area contributed by atoms with Gasteiger partial charge in [0.2, 0.25) is 5.91 Å². The smallest absolute Gasteiger partial charge is 0.224 e. The molecular weight excluding hydrogens is 255 g/mol. The van der Waals surface area contributed by atoms with E-state index < -0.39 is 5.82 Å². The lowest BCUT2D eigenvalue weighted by atomic mass is 10.1. The second-order valence-electron chi connectivity index (χ2n) is 4.62. The van der Waals surface area contributed by atoms with E-state index >= 15 is 0 Å². The van der Waals surface area contributed by atoms with Gasteiger partial charge in [-0.3, -0.25) is 4.79 Å². The quantitative estimate of drug-likeness (QED) is 0.820. The Labute approximate surface area is 117 Å². The van der Waals surface area contributed by atoms with Gasteiger partial charge in [-0.25, -0.2) is 4.39 Å². The van der Waals surface area contributed by atoms with Gasteiger partial charge in [-0.15, -0.1) is 0 Å². The van der Waals surface area contributed by atoms with Crippen LogP contribution in [0.2, 0.25) is 0 Å². The second-order valence-corrected chi connectivity index (χ2v) is 4.62. The van der Waals surface area contributed by atoms with E-state index in [9.17, 15) is 9.18 Å². The number of carbonyl (C=O) groups excluding carboxylic acids is 1. The van der Waals surface area contributed by atoms with Gasteiger partial charge >= 0.3 is 0 Å². The van der Waals surface area contributed by atoms with Crippen molar-refractivity contribution in [1.82, 2.24) is 0 Å². The molecule has 0 saturated heterocycles. The van der Waals surface area contributed by atoms with Crippen molar-refractivity contribution < 1.29 is 9.18 Å². The van der Waals surface area contributed by atoms with Crippen LogP contribution in [0.1, 0.15) is 18.4 Å². The zero-order valence-corrected chi connectivity index (χ0v) is 11.1. The van der Waals surface area contributed by atoms with Crippen LogP contribution in [0.25, 0.3) is 0 Å². The first-order valence-electron chi connectivity index (χ1n) is 6.54. The first kappa shape index (κ1) is 14.1. The van der Waals surface area contributed by atoms with Crippen molar-refractivity contribution in [2.75, 3.05) is 11.1 Å². The van der Waals surface area contributed by atoms with Gasteiger partial charge in [-0.1, -0.05) is 30.3 Å². The highest BCUT2D eigenvalue weighted by Crippen LogP contribution is 2.16. The van der Waals surface area contributed by atoms with E-state index in [2.05, 4.69) is 5.32 Å². The first-order chi connectivity index (χ1) is 9.65. The van der Waals surface area contributed by atoms with Crippen LogP contribution < -0.4 is 11.1 Å². The fourth-order valence-corrected chi connectivity index (χ4v) is 1.94. The highest BCUT2D eigenvalue weighted by molar-refractivity contribution is 5.91. The topological polar surface area (TPSA) is 55.1 Å². The number of carbonyl (C=O) groups is 1. The Hall–Kier alpha value is -2.36. The van der Waals surface area contributed by atoms with Crippen LogP contribution in [0, 0.1) is 5.82 Å². The predicted molar refractivity (Wildman–Crippen MR) is 78.8 cm³/mol. The standard InChI is InChI=1S/C16H17FN2O/c17-14-10-9-13(11-15(14)18)19-16(20)8-4-7-12-5-2-1-3-6-12/h1-3,5-6,9-11H,4,7-8,18H2,(H,19,20). The summed E-state index contributed by atoms with van der Waals surface area (Å²) in [5, 5.41) is 2.71. The SMILES string of the molecule is Nc1cc(NC(=O)CCCc2ccccc2)ccc1F. The van der Waals surface area contributed by atoms with Crippen molar-refractivity contribution in [3.63, 3.8) is 0 Å². The Morgan fingerprint density at radius 3 is 2.60 bits per heavy atom. The second kappa shape index (κ2) is 6.70. The average Bonchev–Trinajstić information content (AvgIpc) is 2.44. The molecule has 2 aromatic rings. The number of halogens is 1. The molecule has 4 heteroatoms. The van der Waals surface area contributed by atoms with E-state index in [0.29, 0.717) is 12.1 Å². The van der Waals surface area contributed by atoms with Gasteiger partial charge in [0.15, 0.2) is 0 Å². The van der Waals surface area contributed by atoms with Crippen LogP contribution in [0.4, 0.5) is 15.8 Å². The zero-order valence-electron chi connectivity index (χ0n) is 11.1. The fourth-order valence-electron chi connectivity index (χ4n) is 1.94. The molecule has 0 saturated carbocycles. The first-order valence-corrected chi connectivity index (χ1v) is 6.54. The van der Waals surface area contributed by atoms with Crippen molar-refractivity contribution in [3.05, 3.63) is 59.9 Å². The molecule has 20 heavy (non-hydrogen) atoms. The number of nitrogen functional groups attached to an aromatic ring is 1. The van der Waals surface area contributed by atoms with Gasteiger partial charge in [-0.05, 0) is 36.6 Å². The number of benzene rings is 2. The molecule has 0 radical (unpaired) electrons. The summed E-state index contributed by atoms with van der Waals surface area (Å²) in [5.74, 6) is -0.570. The van der Waals surface area contributed by atoms with E-state index in [4.69, 9.17) is 5.73 Å². The van der Waals surface area contributed by atoms with Crippen LogP contribution in [0.3, 0.4) is 0 Å². The molecule has 0 aromatic heterocycles. The van der Waals surface area contributed by atoms with Gasteiger partial charge in [-0.2, -0.15) is 0 Å². The molecule has 0 atom stereocenters. The van der Waals surface area contributed by atoms with Gasteiger partial charge in [0, 0.05) is 12.1 Å². The van der Waals surface area contributed by atoms with E-state index in [-0.39, 0.29) is 11.6 Å². The van der Waals surface area contributed by atoms with E-state index in [1.807, 2.05) is 30.3 Å². The third kappa shape index (κ3) is 4.09. The normalized spacial score (nSPS) is 10.2. The summed E-state index contributed by atoms with van der Waals surface area (Å²) in [6.07, 6.45) is 2.05. The summed E-state index contributed by atoms with van der Waals surface area (Å²) in [6.45, 7) is 0. The largest absolute Gasteiger partial charge is 0.396 e. The predicted octanol–water partition coefficient (Wildman–Crippen LogP) is 3.37. The minimum absolute atomic E-state index is 0.0343. The van der Waals surface area contributed by atoms with Gasteiger partial charge in [0.05, 0.1) is 5.69 Å². The summed E-state index contributed by atoms with van der Waals surface area (Å²) >= 11 is 0. The molecule has 1 amide bonds. The Bertz CT molecular complexity index is 584. The maximum absolute atomic E-state index is 13.0. The zero-order chi connectivity index (χ0) is 14.4. The monoisotopic (exact) mass is 272 g/mol. The maximum Gasteiger partial charge on any atom is 0.224 e. The van der Waals surface area contributed by atoms with Crippen LogP contribution in [-0.4, -0.2) is 5.91 Å². The summed E-state index contributed by atoms with van der Waals surface area (Å²) < 4.78 is 13.0. The molecule has 0 aliphatic rings. The molecule has 0 unspecified atom stereocenters. The van der Waals surface area contributed by atoms with Crippen molar-refractivity contribution in [1.29, 1.82) is 0 Å². The number of nitrogens with two attached hydrogens (primary N) is 1. The highest BCUT2D eigenvalue weighted by Gasteiger charge is 2.05. The molecule has 0 fully saturated rings. The number of amides is 1. The molecule has 2 aromatic carbocycles. The Kier molecular flexibility index (Phi) is 4.71. The number of rotatable bonds is 5. The molecule has 0 spiro atoms. The van der Waals surface area contributed by atoms with Crippen molar-refractivity contribution in [3.8, 4) is 0 Å². The molecule has 104 valence electrons. The van der Waals surface area contributed by atoms with Crippen LogP contribution in [-0.2, 0) is 11.2 Å². The number of hydrogen-bond donors (Lipinski definition) is 2. The summed E-state index contributed by atoms with van der Waals surface area (Å²) in [6, 6.07) is 14.2. The fraction of sp³-hybridized carbons (Fsp3) is 0.188. The number of aryl methyl sites for hydroxylation is 1. The lowest BCUT2D eigenvalue weighted by Crippen LogP contribution is -2.11. The molecular formula is C16H17FN2O. The van der Waals surface area contributed by atoms with Crippen molar-refractivity contribution in [2.24, 2.45) is 0 Å². The Balaban J connectivity index is 1.79. The number of hydrogen-bond acceptors (Lipinski definition) is 2. The molecule has 0 aliphatic carbocycles. The van der Waals surface area contributed by atoms with Crippen molar-refractivity contribution in [2.45, 2.75) is 19.3 Å². The summed E-state index contributed by atoms with van der Waals surface area (Å²) in [5.41, 5.74) is 7.22. The number of anilines is 2. The lowest BCUT2D eigenvalue weighted by Gasteiger charge is -2.06. The van der Waals surface area contributed by atoms with Gasteiger partial charge in [0.1, 0.15) is 5.82 Å². The Morgan fingerprint density at radius 2 is 1.90 bits per heavy atom. The van der Waals surface area contributed by atoms with Gasteiger partial charge < -0.3 is 11.1 Å². The van der Waals surface area contributed by atoms with E-state index in [1.54, 1.807) is 0 Å². The van der Waals surface area contributed by atoms with E-state index in [1.165, 1.54) is 23.8 Å². The average molecular weight is 272 g/mol. The van der Waals surface area contributed by atoms with Crippen LogP contribution in [0.15, 0.2) is 48.5 Å². The molecule has 2 rings (SSSR count). The molecule has 3 N–H and O–H groups in total. The van der Waals surface area contributed by atoms with Gasteiger partial charge in [0.25, 0.3) is 0 Å². The van der Waals surface area contributed by atoms with Crippen molar-refractivity contribution >= 4 is 17.3 Å². The third-order valence-electron chi connectivity index (χ3n) is 2.99. The third-order valence-corrected chi connectivity index (χ3v) is 2.99. The maximum atomic E-state index is 13.0. The lowest BCUT2D eigenvalue weighted by molar-refractivity contribution is -0.116. The van der Waals surface area contributed by atoms with E-state index in [0.717, 1.165) is 12.8 Å². The molecule has 0 aliphatic heterocycles. The molecule has 0 heterocycles. The molecule has 0 bridgehead atoms. The highest BCUT2D eigenvalue weighted by atomic mass is 19.1. The van der Waals surface area contributed by atoms with Crippen LogP contribution >= 0.6 is 0 Å². The number of nitrogens with one attached hydrogen (secondary N) is 1. The minimum atomic E-state index is -0.480. The Morgan fingerprint density at radius 1 is 1.15 bits per heavy atom. The minimum Gasteiger partial charge on any atom is -0.396 e. The van der Waals surface area contributed by atoms with Crippen LogP contribution in [0.5, 0.6) is 0 Å². The molecule has 3 nitrogen and oxygen atoms in total. The summed E-state index contributed by atoms with van der Waals surface area (Å²) in [4.78, 5) is 11.8.